The normalized spacial score (nSPS) is 13.9. The minimum absolute atomic E-state index is 0.0486. The molecule has 4 rings (SSSR count). The molecule has 0 aliphatic carbocycles. The highest BCUT2D eigenvalue weighted by Gasteiger charge is 2.22. The number of nitro groups is 1. The number of methoxy groups -OCH3 is 2. The molecule has 1 aromatic heterocycles. The van der Waals surface area contributed by atoms with Gasteiger partial charge in [0.1, 0.15) is 22.1 Å². The molecule has 0 saturated carbocycles. The molecule has 0 unspecified atom stereocenters. The summed E-state index contributed by atoms with van der Waals surface area (Å²) in [6, 6.07) is 9.98. The predicted octanol–water partition coefficient (Wildman–Crippen LogP) is 4.61. The van der Waals surface area contributed by atoms with Gasteiger partial charge in [-0.2, -0.15) is 0 Å². The van der Waals surface area contributed by atoms with E-state index in [1.165, 1.54) is 26.4 Å². The van der Waals surface area contributed by atoms with Gasteiger partial charge in [0.25, 0.3) is 5.69 Å². The fourth-order valence-corrected chi connectivity index (χ4v) is 4.64. The van der Waals surface area contributed by atoms with Crippen molar-refractivity contribution in [2.45, 2.75) is 24.4 Å². The third-order valence-electron chi connectivity index (χ3n) is 5.69. The molecule has 36 heavy (non-hydrogen) atoms. The number of benzene rings is 2. The molecule has 3 aromatic rings. The maximum absolute atomic E-state index is 12.0. The minimum Gasteiger partial charge on any atom is -0.497 e. The summed E-state index contributed by atoms with van der Waals surface area (Å²) in [6.07, 6.45) is 4.46. The van der Waals surface area contributed by atoms with Gasteiger partial charge in [0.05, 0.1) is 19.1 Å². The lowest BCUT2D eigenvalue weighted by Gasteiger charge is -2.28. The van der Waals surface area contributed by atoms with Gasteiger partial charge in [0.2, 0.25) is 5.16 Å². The zero-order valence-electron chi connectivity index (χ0n) is 19.8. The maximum Gasteiger partial charge on any atom is 0.342 e. The molecule has 1 aliphatic rings. The number of nitro benzene ring substituents is 1. The van der Waals surface area contributed by atoms with Gasteiger partial charge < -0.3 is 19.5 Å². The topological polar surface area (TPSA) is 144 Å². The van der Waals surface area contributed by atoms with Gasteiger partial charge in [0.15, 0.2) is 5.82 Å². The number of carbonyl (C=O) groups is 1. The third-order valence-corrected chi connectivity index (χ3v) is 6.57. The molecule has 1 fully saturated rings. The van der Waals surface area contributed by atoms with E-state index in [1.54, 1.807) is 30.3 Å². The quantitative estimate of drug-likeness (QED) is 0.181. The molecule has 12 heteroatoms. The number of rotatable bonds is 9. The van der Waals surface area contributed by atoms with Crippen molar-refractivity contribution in [2.24, 2.45) is 0 Å². The van der Waals surface area contributed by atoms with Crippen molar-refractivity contribution in [3.05, 3.63) is 57.0 Å². The van der Waals surface area contributed by atoms with Crippen molar-refractivity contribution in [1.82, 2.24) is 15.2 Å². The zero-order valence-corrected chi connectivity index (χ0v) is 20.6. The smallest absolute Gasteiger partial charge is 0.342 e. The number of piperidine rings is 1. The largest absolute Gasteiger partial charge is 0.497 e. The Morgan fingerprint density at radius 2 is 1.83 bits per heavy atom. The number of hydrogen-bond acceptors (Lipinski definition) is 9. The lowest BCUT2D eigenvalue weighted by Crippen LogP contribution is -2.29. The van der Waals surface area contributed by atoms with Crippen molar-refractivity contribution < 1.29 is 24.3 Å². The van der Waals surface area contributed by atoms with Gasteiger partial charge in [-0.15, -0.1) is 5.10 Å². The van der Waals surface area contributed by atoms with E-state index in [0.29, 0.717) is 34.1 Å². The van der Waals surface area contributed by atoms with Gasteiger partial charge in [-0.25, -0.2) is 9.78 Å². The van der Waals surface area contributed by atoms with Crippen molar-refractivity contribution in [3.8, 4) is 22.9 Å². The van der Waals surface area contributed by atoms with Crippen molar-refractivity contribution in [3.63, 3.8) is 0 Å². The summed E-state index contributed by atoms with van der Waals surface area (Å²) >= 11 is 0.839. The van der Waals surface area contributed by atoms with Crippen LogP contribution in [-0.4, -0.2) is 58.5 Å². The minimum atomic E-state index is -1.20. The maximum atomic E-state index is 12.0. The number of H-pyrrole nitrogens is 1. The average molecular weight is 512 g/mol. The highest BCUT2D eigenvalue weighted by molar-refractivity contribution is 8.04. The molecular weight excluding hydrogens is 486 g/mol. The van der Waals surface area contributed by atoms with Crippen LogP contribution in [0.25, 0.3) is 17.5 Å². The highest BCUT2D eigenvalue weighted by Crippen LogP contribution is 2.34. The third kappa shape index (κ3) is 5.77. The number of thioether (sulfide) groups is 1. The van der Waals surface area contributed by atoms with Crippen LogP contribution in [0.3, 0.4) is 0 Å². The predicted molar refractivity (Wildman–Crippen MR) is 136 cm³/mol. The SMILES string of the molecule is COc1cc(OC)cc(-c2nc(S/C(=C/c3ccc(N4CCCCC4)c([N+](=O)[O-])c3)C(=O)O)n[nH]2)c1. The molecule has 2 heterocycles. The van der Waals surface area contributed by atoms with Crippen LogP contribution in [0.1, 0.15) is 24.8 Å². The average Bonchev–Trinajstić information content (AvgIpc) is 3.37. The summed E-state index contributed by atoms with van der Waals surface area (Å²) in [4.78, 5) is 29.6. The summed E-state index contributed by atoms with van der Waals surface area (Å²) in [5.74, 6) is 0.337. The number of aromatic amines is 1. The van der Waals surface area contributed by atoms with Crippen molar-refractivity contribution in [2.75, 3.05) is 32.2 Å². The van der Waals surface area contributed by atoms with Crippen molar-refractivity contribution >= 4 is 35.2 Å². The fourth-order valence-electron chi connectivity index (χ4n) is 3.93. The van der Waals surface area contributed by atoms with Gasteiger partial charge in [0, 0.05) is 30.8 Å². The Hall–Kier alpha value is -4.06. The van der Waals surface area contributed by atoms with Crippen LogP contribution < -0.4 is 14.4 Å². The number of ether oxygens (including phenoxy) is 2. The zero-order chi connectivity index (χ0) is 25.7. The Kier molecular flexibility index (Phi) is 7.74. The van der Waals surface area contributed by atoms with Gasteiger partial charge >= 0.3 is 5.97 Å². The number of nitrogens with one attached hydrogen (secondary N) is 1. The molecule has 11 nitrogen and oxygen atoms in total. The van der Waals surface area contributed by atoms with Crippen LogP contribution in [0, 0.1) is 10.1 Å². The molecule has 2 N–H and O–H groups in total. The number of carboxylic acids is 1. The highest BCUT2D eigenvalue weighted by atomic mass is 32.2. The van der Waals surface area contributed by atoms with E-state index in [4.69, 9.17) is 9.47 Å². The first-order chi connectivity index (χ1) is 17.4. The monoisotopic (exact) mass is 511 g/mol. The lowest BCUT2D eigenvalue weighted by atomic mass is 10.1. The van der Waals surface area contributed by atoms with Crippen LogP contribution in [0.2, 0.25) is 0 Å². The molecule has 0 spiro atoms. The summed E-state index contributed by atoms with van der Waals surface area (Å²) in [5, 5.41) is 28.6. The Bertz CT molecular complexity index is 1280. The number of anilines is 1. The number of hydrogen-bond donors (Lipinski definition) is 2. The van der Waals surface area contributed by atoms with Gasteiger partial charge in [-0.1, -0.05) is 6.07 Å². The molecule has 0 bridgehead atoms. The van der Waals surface area contributed by atoms with Crippen LogP contribution in [0.15, 0.2) is 46.5 Å². The van der Waals surface area contributed by atoms with E-state index in [2.05, 4.69) is 15.2 Å². The molecule has 0 radical (unpaired) electrons. The molecule has 2 aromatic carbocycles. The molecule has 188 valence electrons. The van der Waals surface area contributed by atoms with Crippen LogP contribution in [0.5, 0.6) is 11.5 Å². The Labute approximate surface area is 211 Å². The molecule has 0 amide bonds. The van der Waals surface area contributed by atoms with Gasteiger partial charge in [-0.3, -0.25) is 15.2 Å². The van der Waals surface area contributed by atoms with E-state index >= 15 is 0 Å². The first-order valence-electron chi connectivity index (χ1n) is 11.2. The van der Waals surface area contributed by atoms with E-state index in [1.807, 2.05) is 4.90 Å². The van der Waals surface area contributed by atoms with Crippen LogP contribution >= 0.6 is 11.8 Å². The van der Waals surface area contributed by atoms with Crippen LogP contribution in [0.4, 0.5) is 11.4 Å². The van der Waals surface area contributed by atoms with E-state index in [-0.39, 0.29) is 15.7 Å². The number of carboxylic acid groups (broad SMARTS) is 1. The summed E-state index contributed by atoms with van der Waals surface area (Å²) < 4.78 is 10.6. The molecule has 1 aliphatic heterocycles. The first-order valence-corrected chi connectivity index (χ1v) is 12.0. The van der Waals surface area contributed by atoms with Gasteiger partial charge in [-0.05, 0) is 60.9 Å². The molecule has 0 atom stereocenters. The second kappa shape index (κ2) is 11.1. The lowest BCUT2D eigenvalue weighted by molar-refractivity contribution is -0.384. The summed E-state index contributed by atoms with van der Waals surface area (Å²) in [7, 11) is 3.07. The standard InChI is InChI=1S/C24H25N5O6S/c1-34-17-12-16(13-18(14-17)35-2)22-25-24(27-26-22)36-21(23(30)31)11-15-6-7-19(20(10-15)29(32)33)28-8-4-3-5-9-28/h6-7,10-14H,3-5,8-9H2,1-2H3,(H,30,31)(H,25,26,27)/b21-11+. The van der Waals surface area contributed by atoms with Crippen LogP contribution in [-0.2, 0) is 4.79 Å². The molecule has 1 saturated heterocycles. The summed E-state index contributed by atoms with van der Waals surface area (Å²) in [5.41, 5.74) is 1.55. The van der Waals surface area contributed by atoms with Crippen molar-refractivity contribution in [1.29, 1.82) is 0 Å². The number of aliphatic carboxylic acids is 1. The van der Waals surface area contributed by atoms with E-state index in [0.717, 1.165) is 44.1 Å². The number of nitrogens with zero attached hydrogens (tertiary/aromatic N) is 4. The number of aromatic nitrogens is 3. The summed E-state index contributed by atoms with van der Waals surface area (Å²) in [6.45, 7) is 1.52. The van der Waals surface area contributed by atoms with E-state index in [9.17, 15) is 20.0 Å². The Balaban J connectivity index is 1.60. The Morgan fingerprint density at radius 3 is 2.44 bits per heavy atom. The second-order valence-corrected chi connectivity index (χ2v) is 9.05. The second-order valence-electron chi connectivity index (χ2n) is 8.04. The fraction of sp³-hybridized carbons (Fsp3) is 0.292. The molecular formula is C24H25N5O6S. The van der Waals surface area contributed by atoms with E-state index < -0.39 is 10.9 Å². The Morgan fingerprint density at radius 1 is 1.14 bits per heavy atom. The first kappa shape index (κ1) is 25.0.